The summed E-state index contributed by atoms with van der Waals surface area (Å²) in [4.78, 5) is 39.8. The molecule has 326 valence electrons. The molecule has 3 nitrogen and oxygen atoms in total. The average molecular weight is 876 g/mol. The van der Waals surface area contributed by atoms with Gasteiger partial charge in [-0.1, -0.05) is 163 Å². The second kappa shape index (κ2) is 25.8. The fourth-order valence-corrected chi connectivity index (χ4v) is 13.7. The Morgan fingerprint density at radius 1 is 0.475 bits per heavy atom. The number of rotatable bonds is 31. The molecule has 0 saturated carbocycles. The lowest BCUT2D eigenvalue weighted by atomic mass is 9.99. The highest BCUT2D eigenvalue weighted by atomic mass is 32.1. The van der Waals surface area contributed by atoms with Gasteiger partial charge >= 0.3 is 0 Å². The Labute approximate surface area is 375 Å². The highest BCUT2D eigenvalue weighted by Crippen LogP contribution is 2.49. The third-order valence-electron chi connectivity index (χ3n) is 12.7. The lowest BCUT2D eigenvalue weighted by Gasteiger charge is -2.21. The van der Waals surface area contributed by atoms with E-state index in [1.165, 1.54) is 169 Å². The first-order valence-corrected chi connectivity index (χ1v) is 27.4. The van der Waals surface area contributed by atoms with Gasteiger partial charge in [0.05, 0.1) is 16.0 Å². The third-order valence-corrected chi connectivity index (χ3v) is 17.7. The topological polar surface area (TPSA) is 37.4 Å². The van der Waals surface area contributed by atoms with Crippen molar-refractivity contribution < 1.29 is 9.59 Å². The summed E-state index contributed by atoms with van der Waals surface area (Å²) in [5, 5.41) is 0. The number of thiophene rings is 4. The van der Waals surface area contributed by atoms with Crippen LogP contribution < -0.4 is 0 Å². The van der Waals surface area contributed by atoms with Gasteiger partial charge in [0.2, 0.25) is 0 Å². The Balaban J connectivity index is 1.29. The highest BCUT2D eigenvalue weighted by Gasteiger charge is 2.42. The fourth-order valence-electron chi connectivity index (χ4n) is 8.90. The first-order chi connectivity index (χ1) is 28.8. The van der Waals surface area contributed by atoms with Crippen LogP contribution in [0.4, 0.5) is 0 Å². The van der Waals surface area contributed by atoms with Crippen LogP contribution in [0.3, 0.4) is 0 Å². The Bertz CT molecular complexity index is 1850. The zero-order valence-corrected chi connectivity index (χ0v) is 41.1. The molecule has 0 aliphatic carbocycles. The zero-order valence-electron chi connectivity index (χ0n) is 37.9. The van der Waals surface area contributed by atoms with E-state index >= 15 is 0 Å². The average Bonchev–Trinajstić information content (AvgIpc) is 4.07. The summed E-state index contributed by atoms with van der Waals surface area (Å²) >= 11 is 7.37. The van der Waals surface area contributed by atoms with Gasteiger partial charge in [0.15, 0.2) is 0 Å². The molecule has 7 heteroatoms. The van der Waals surface area contributed by atoms with Crippen molar-refractivity contribution in [2.45, 2.75) is 208 Å². The number of carbonyl (C=O) groups excluding carboxylic acids is 2. The van der Waals surface area contributed by atoms with E-state index in [4.69, 9.17) is 0 Å². The van der Waals surface area contributed by atoms with Crippen molar-refractivity contribution in [3.63, 3.8) is 0 Å². The third kappa shape index (κ3) is 13.7. The van der Waals surface area contributed by atoms with E-state index in [1.807, 2.05) is 40.9 Å². The van der Waals surface area contributed by atoms with Crippen LogP contribution in [-0.4, -0.2) is 23.3 Å². The molecule has 0 fully saturated rings. The standard InChI is InChI=1S/C52H77NO2S4/c1-7-11-14-16-18-20-22-24-26-28-31-41-35-45(56-38(41)5)43-33-34-44(58-43)46-36-42(32-29-27-25-23-21-19-17-15-12-8-2)49(59-46)50-48-47(39(6)57-50)51(54)53(52(48)55)37-40(10-4)30-13-9-3/h33-36,40H,7-32,37H2,1-6H3. The zero-order chi connectivity index (χ0) is 42.0. The predicted octanol–water partition coefficient (Wildman–Crippen LogP) is 18.3. The monoisotopic (exact) mass is 875 g/mol. The van der Waals surface area contributed by atoms with Crippen LogP contribution >= 0.6 is 45.3 Å². The number of amides is 2. The maximum Gasteiger partial charge on any atom is 0.263 e. The van der Waals surface area contributed by atoms with Gasteiger partial charge in [-0.05, 0) is 87.3 Å². The Hall–Kier alpha value is -2.06. The number of hydrogen-bond donors (Lipinski definition) is 0. The molecule has 0 saturated heterocycles. The van der Waals surface area contributed by atoms with Gasteiger partial charge in [-0.15, -0.1) is 45.3 Å². The summed E-state index contributed by atoms with van der Waals surface area (Å²) in [7, 11) is 0. The normalized spacial score (nSPS) is 13.4. The Morgan fingerprint density at radius 3 is 1.49 bits per heavy atom. The number of imide groups is 1. The smallest absolute Gasteiger partial charge is 0.263 e. The molecule has 0 radical (unpaired) electrons. The predicted molar refractivity (Wildman–Crippen MR) is 264 cm³/mol. The first kappa shape index (κ1) is 48.0. The molecule has 1 aliphatic rings. The van der Waals surface area contributed by atoms with Gasteiger partial charge < -0.3 is 0 Å². The van der Waals surface area contributed by atoms with Crippen molar-refractivity contribution in [1.29, 1.82) is 0 Å². The number of aryl methyl sites for hydroxylation is 4. The number of carbonyl (C=O) groups is 2. The summed E-state index contributed by atoms with van der Waals surface area (Å²) < 4.78 is 0. The summed E-state index contributed by atoms with van der Waals surface area (Å²) in [6, 6.07) is 9.54. The Morgan fingerprint density at radius 2 is 0.949 bits per heavy atom. The van der Waals surface area contributed by atoms with Crippen LogP contribution in [0.5, 0.6) is 0 Å². The van der Waals surface area contributed by atoms with Gasteiger partial charge in [-0.2, -0.15) is 0 Å². The molecular formula is C52H77NO2S4. The maximum atomic E-state index is 14.2. The van der Waals surface area contributed by atoms with Crippen molar-refractivity contribution in [2.75, 3.05) is 6.54 Å². The van der Waals surface area contributed by atoms with E-state index < -0.39 is 0 Å². The Kier molecular flexibility index (Phi) is 21.0. The second-order valence-corrected chi connectivity index (χ2v) is 22.2. The number of fused-ring (bicyclic) bond motifs is 1. The summed E-state index contributed by atoms with van der Waals surface area (Å²) in [6.07, 6.45) is 33.5. The number of unbranched alkanes of at least 4 members (excludes halogenated alkanes) is 19. The van der Waals surface area contributed by atoms with Crippen molar-refractivity contribution in [1.82, 2.24) is 4.90 Å². The minimum Gasteiger partial charge on any atom is -0.274 e. The molecule has 0 aromatic carbocycles. The van der Waals surface area contributed by atoms with Gasteiger partial charge in [-0.3, -0.25) is 14.5 Å². The van der Waals surface area contributed by atoms with Crippen LogP contribution in [-0.2, 0) is 12.8 Å². The SMILES string of the molecule is CCCCCCCCCCCCc1cc(-c2ccc(-c3cc(CCCCCCCCCCCC)c(-c4sc(C)c5c4C(=O)N(CC(CC)CCCC)C5=O)s3)s2)sc1C. The van der Waals surface area contributed by atoms with Gasteiger partial charge in [0, 0.05) is 40.7 Å². The molecule has 5 heterocycles. The van der Waals surface area contributed by atoms with Gasteiger partial charge in [0.25, 0.3) is 11.8 Å². The molecule has 2 amide bonds. The van der Waals surface area contributed by atoms with Crippen molar-refractivity contribution in [3.8, 4) is 29.3 Å². The molecule has 0 spiro atoms. The summed E-state index contributed by atoms with van der Waals surface area (Å²) in [5.74, 6) is 0.212. The molecule has 1 unspecified atom stereocenters. The van der Waals surface area contributed by atoms with Crippen LogP contribution in [0.2, 0.25) is 0 Å². The number of hydrogen-bond acceptors (Lipinski definition) is 6. The molecule has 5 rings (SSSR count). The minimum absolute atomic E-state index is 0.0702. The summed E-state index contributed by atoms with van der Waals surface area (Å²) in [5.41, 5.74) is 4.22. The van der Waals surface area contributed by atoms with Gasteiger partial charge in [-0.25, -0.2) is 0 Å². The first-order valence-electron chi connectivity index (χ1n) is 24.1. The van der Waals surface area contributed by atoms with Gasteiger partial charge in [0.1, 0.15) is 0 Å². The van der Waals surface area contributed by atoms with E-state index in [1.54, 1.807) is 16.2 Å². The molecule has 4 aromatic rings. The summed E-state index contributed by atoms with van der Waals surface area (Å²) in [6.45, 7) is 13.9. The van der Waals surface area contributed by atoms with E-state index in [9.17, 15) is 9.59 Å². The molecule has 1 atom stereocenters. The van der Waals surface area contributed by atoms with E-state index in [0.29, 0.717) is 23.6 Å². The van der Waals surface area contributed by atoms with Crippen LogP contribution in [0.1, 0.15) is 223 Å². The van der Waals surface area contributed by atoms with E-state index in [0.717, 1.165) is 48.3 Å². The second-order valence-electron chi connectivity index (χ2n) is 17.6. The van der Waals surface area contributed by atoms with Crippen molar-refractivity contribution in [3.05, 3.63) is 56.3 Å². The van der Waals surface area contributed by atoms with Crippen LogP contribution in [0, 0.1) is 19.8 Å². The van der Waals surface area contributed by atoms with Crippen LogP contribution in [0.15, 0.2) is 24.3 Å². The molecule has 4 aromatic heterocycles. The van der Waals surface area contributed by atoms with Crippen molar-refractivity contribution in [2.24, 2.45) is 5.92 Å². The number of nitrogens with zero attached hydrogens (tertiary/aromatic N) is 1. The lowest BCUT2D eigenvalue weighted by Crippen LogP contribution is -2.34. The molecule has 1 aliphatic heterocycles. The molecule has 0 N–H and O–H groups in total. The largest absolute Gasteiger partial charge is 0.274 e. The van der Waals surface area contributed by atoms with E-state index in [-0.39, 0.29) is 11.8 Å². The fraction of sp³-hybridized carbons (Fsp3) is 0.654. The molecule has 0 bridgehead atoms. The molecule has 59 heavy (non-hydrogen) atoms. The quantitative estimate of drug-likeness (QED) is 0.0373. The highest BCUT2D eigenvalue weighted by molar-refractivity contribution is 7.28. The lowest BCUT2D eigenvalue weighted by molar-refractivity contribution is 0.0624. The van der Waals surface area contributed by atoms with Crippen LogP contribution in [0.25, 0.3) is 29.3 Å². The minimum atomic E-state index is -0.0744. The molecular weight excluding hydrogens is 799 g/mol. The van der Waals surface area contributed by atoms with Crippen molar-refractivity contribution >= 4 is 57.2 Å². The van der Waals surface area contributed by atoms with E-state index in [2.05, 4.69) is 58.9 Å². The maximum absolute atomic E-state index is 14.2.